The highest BCUT2D eigenvalue weighted by Crippen LogP contribution is 2.35. The van der Waals surface area contributed by atoms with Gasteiger partial charge in [0.15, 0.2) is 16.6 Å². The Morgan fingerprint density at radius 2 is 1.86 bits per heavy atom. The molecular formula is C20H16I2N2O4S. The summed E-state index contributed by atoms with van der Waals surface area (Å²) in [6.07, 6.45) is 1.52. The lowest BCUT2D eigenvalue weighted by atomic mass is 10.1. The Morgan fingerprint density at radius 3 is 2.52 bits per heavy atom. The zero-order chi connectivity index (χ0) is 21.1. The number of thiocarbonyl (C=S) groups is 1. The summed E-state index contributed by atoms with van der Waals surface area (Å²) in [4.78, 5) is 25.8. The molecule has 0 unspecified atom stereocenters. The third-order valence-electron chi connectivity index (χ3n) is 4.16. The molecule has 0 aromatic heterocycles. The van der Waals surface area contributed by atoms with Crippen molar-refractivity contribution in [3.05, 3.63) is 60.2 Å². The van der Waals surface area contributed by atoms with Gasteiger partial charge in [0.1, 0.15) is 12.2 Å². The molecule has 0 radical (unpaired) electrons. The van der Waals surface area contributed by atoms with Crippen LogP contribution in [0.2, 0.25) is 0 Å². The van der Waals surface area contributed by atoms with Gasteiger partial charge in [-0.3, -0.25) is 19.8 Å². The maximum absolute atomic E-state index is 12.4. The molecule has 6 nitrogen and oxygen atoms in total. The fourth-order valence-corrected chi connectivity index (χ4v) is 3.93. The van der Waals surface area contributed by atoms with E-state index in [0.717, 1.165) is 12.7 Å². The summed E-state index contributed by atoms with van der Waals surface area (Å²) in [5.74, 6) is 0.145. The molecule has 150 valence electrons. The van der Waals surface area contributed by atoms with Gasteiger partial charge < -0.3 is 9.47 Å². The van der Waals surface area contributed by atoms with Gasteiger partial charge in [-0.2, -0.15) is 0 Å². The molecule has 9 heteroatoms. The SMILES string of the molecule is COc1cc(/C=C2\C(=O)NC(=S)N(C)C2=O)cc(I)c1OCc1ccc(I)cc1. The van der Waals surface area contributed by atoms with Crippen molar-refractivity contribution >= 4 is 80.4 Å². The third-order valence-corrected chi connectivity index (χ3v) is 6.06. The molecule has 0 saturated carbocycles. The summed E-state index contributed by atoms with van der Waals surface area (Å²) in [5.41, 5.74) is 1.69. The summed E-state index contributed by atoms with van der Waals surface area (Å²) in [7, 11) is 3.06. The molecular weight excluding hydrogens is 618 g/mol. The maximum atomic E-state index is 12.4. The molecule has 1 fully saturated rings. The number of amides is 2. The molecule has 0 spiro atoms. The van der Waals surface area contributed by atoms with Crippen LogP contribution in [0.1, 0.15) is 11.1 Å². The number of halogens is 2. The number of hydrogen-bond donors (Lipinski definition) is 1. The lowest BCUT2D eigenvalue weighted by molar-refractivity contribution is -0.128. The molecule has 2 aromatic carbocycles. The second kappa shape index (κ2) is 9.39. The van der Waals surface area contributed by atoms with Crippen molar-refractivity contribution in [2.24, 2.45) is 0 Å². The molecule has 1 aliphatic heterocycles. The van der Waals surface area contributed by atoms with E-state index in [2.05, 4.69) is 50.5 Å². The monoisotopic (exact) mass is 634 g/mol. The van der Waals surface area contributed by atoms with Gasteiger partial charge in [-0.1, -0.05) is 12.1 Å². The molecule has 29 heavy (non-hydrogen) atoms. The van der Waals surface area contributed by atoms with E-state index in [1.807, 2.05) is 30.3 Å². The Labute approximate surface area is 200 Å². The first-order valence-electron chi connectivity index (χ1n) is 8.40. The van der Waals surface area contributed by atoms with E-state index in [1.54, 1.807) is 13.2 Å². The van der Waals surface area contributed by atoms with Gasteiger partial charge in [-0.05, 0) is 98.9 Å². The second-order valence-corrected chi connectivity index (χ2v) is 8.93. The summed E-state index contributed by atoms with van der Waals surface area (Å²) in [6.45, 7) is 0.396. The summed E-state index contributed by atoms with van der Waals surface area (Å²) < 4.78 is 13.4. The first-order chi connectivity index (χ1) is 13.8. The Balaban J connectivity index is 1.88. The van der Waals surface area contributed by atoms with Crippen molar-refractivity contribution < 1.29 is 19.1 Å². The van der Waals surface area contributed by atoms with Gasteiger partial charge in [-0.15, -0.1) is 0 Å². The number of nitrogens with zero attached hydrogens (tertiary/aromatic N) is 1. The van der Waals surface area contributed by atoms with E-state index in [1.165, 1.54) is 18.0 Å². The van der Waals surface area contributed by atoms with Gasteiger partial charge in [0, 0.05) is 10.6 Å². The van der Waals surface area contributed by atoms with Gasteiger partial charge in [0.05, 0.1) is 10.7 Å². The van der Waals surface area contributed by atoms with Crippen LogP contribution in [0, 0.1) is 7.14 Å². The van der Waals surface area contributed by atoms with Crippen LogP contribution in [0.25, 0.3) is 6.08 Å². The number of hydrogen-bond acceptors (Lipinski definition) is 5. The van der Waals surface area contributed by atoms with Crippen LogP contribution in [0.15, 0.2) is 42.0 Å². The number of rotatable bonds is 5. The Kier molecular flexibility index (Phi) is 7.11. The zero-order valence-corrected chi connectivity index (χ0v) is 20.6. The highest BCUT2D eigenvalue weighted by molar-refractivity contribution is 14.1. The largest absolute Gasteiger partial charge is 0.493 e. The van der Waals surface area contributed by atoms with Crippen LogP contribution >= 0.6 is 57.4 Å². The highest BCUT2D eigenvalue weighted by atomic mass is 127. The van der Waals surface area contributed by atoms with Crippen molar-refractivity contribution in [1.82, 2.24) is 10.2 Å². The molecule has 1 N–H and O–H groups in total. The third kappa shape index (κ3) is 5.07. The second-order valence-electron chi connectivity index (χ2n) is 6.13. The van der Waals surface area contributed by atoms with Gasteiger partial charge >= 0.3 is 0 Å². The molecule has 0 aliphatic carbocycles. The lowest BCUT2D eigenvalue weighted by Crippen LogP contribution is -2.52. The van der Waals surface area contributed by atoms with E-state index in [0.29, 0.717) is 23.7 Å². The number of likely N-dealkylation sites (N-methyl/N-ethyl adjacent to an activating group) is 1. The molecule has 0 bridgehead atoms. The topological polar surface area (TPSA) is 67.9 Å². The Hall–Kier alpha value is -1.73. The lowest BCUT2D eigenvalue weighted by Gasteiger charge is -2.25. The standard InChI is InChI=1S/C20H16I2N2O4S/c1-24-19(26)14(18(25)23-20(24)29)7-12-8-15(22)17(16(9-12)27-2)28-10-11-3-5-13(21)6-4-11/h3-9H,10H2,1-2H3,(H,23,25,29)/b14-7+. The minimum Gasteiger partial charge on any atom is -0.493 e. The molecule has 1 heterocycles. The van der Waals surface area contributed by atoms with Crippen molar-refractivity contribution in [2.45, 2.75) is 6.61 Å². The average molecular weight is 634 g/mol. The van der Waals surface area contributed by atoms with Crippen LogP contribution in [-0.2, 0) is 16.2 Å². The number of benzene rings is 2. The minimum atomic E-state index is -0.522. The number of ether oxygens (including phenoxy) is 2. The van der Waals surface area contributed by atoms with Crippen LogP contribution < -0.4 is 14.8 Å². The first kappa shape index (κ1) is 22.0. The maximum Gasteiger partial charge on any atom is 0.265 e. The number of carbonyl (C=O) groups is 2. The van der Waals surface area contributed by atoms with Gasteiger partial charge in [0.2, 0.25) is 0 Å². The molecule has 3 rings (SSSR count). The van der Waals surface area contributed by atoms with E-state index in [-0.39, 0.29) is 10.7 Å². The fraction of sp³-hybridized carbons (Fsp3) is 0.150. The average Bonchev–Trinajstić information content (AvgIpc) is 2.69. The smallest absolute Gasteiger partial charge is 0.265 e. The van der Waals surface area contributed by atoms with Crippen molar-refractivity contribution in [2.75, 3.05) is 14.2 Å². The van der Waals surface area contributed by atoms with Crippen molar-refractivity contribution in [1.29, 1.82) is 0 Å². The fourth-order valence-electron chi connectivity index (χ4n) is 2.61. The Bertz CT molecular complexity index is 1020. The first-order valence-corrected chi connectivity index (χ1v) is 11.0. The van der Waals surface area contributed by atoms with Crippen LogP contribution in [0.5, 0.6) is 11.5 Å². The molecule has 0 atom stereocenters. The predicted molar refractivity (Wildman–Crippen MR) is 131 cm³/mol. The summed E-state index contributed by atoms with van der Waals surface area (Å²) in [5, 5.41) is 2.58. The quantitative estimate of drug-likeness (QED) is 0.235. The summed E-state index contributed by atoms with van der Waals surface area (Å²) >= 11 is 9.36. The predicted octanol–water partition coefficient (Wildman–Crippen LogP) is 3.74. The molecule has 1 aliphatic rings. The number of carbonyl (C=O) groups excluding carboxylic acids is 2. The van der Waals surface area contributed by atoms with Crippen molar-refractivity contribution in [3.8, 4) is 11.5 Å². The van der Waals surface area contributed by atoms with Crippen LogP contribution in [0.3, 0.4) is 0 Å². The Morgan fingerprint density at radius 1 is 1.17 bits per heavy atom. The number of nitrogens with one attached hydrogen (secondary N) is 1. The van der Waals surface area contributed by atoms with E-state index < -0.39 is 11.8 Å². The molecule has 1 saturated heterocycles. The van der Waals surface area contributed by atoms with Crippen LogP contribution in [-0.4, -0.2) is 36.0 Å². The molecule has 2 aromatic rings. The van der Waals surface area contributed by atoms with Gasteiger partial charge in [-0.25, -0.2) is 0 Å². The van der Waals surface area contributed by atoms with Crippen molar-refractivity contribution in [3.63, 3.8) is 0 Å². The van der Waals surface area contributed by atoms with Gasteiger partial charge in [0.25, 0.3) is 11.8 Å². The van der Waals surface area contributed by atoms with E-state index in [4.69, 9.17) is 21.7 Å². The number of methoxy groups -OCH3 is 1. The van der Waals surface area contributed by atoms with E-state index >= 15 is 0 Å². The summed E-state index contributed by atoms with van der Waals surface area (Å²) in [6, 6.07) is 11.6. The minimum absolute atomic E-state index is 0.00603. The van der Waals surface area contributed by atoms with Crippen LogP contribution in [0.4, 0.5) is 0 Å². The highest BCUT2D eigenvalue weighted by Gasteiger charge is 2.30. The normalized spacial score (nSPS) is 15.5. The van der Waals surface area contributed by atoms with E-state index in [9.17, 15) is 9.59 Å². The molecule has 2 amide bonds. The zero-order valence-electron chi connectivity index (χ0n) is 15.5.